The molecule has 170 valence electrons. The molecule has 32 heavy (non-hydrogen) atoms. The lowest BCUT2D eigenvalue weighted by Gasteiger charge is -2.35. The molecule has 3 aromatic rings. The van der Waals surface area contributed by atoms with Crippen LogP contribution in [0, 0.1) is 5.82 Å². The number of nitrogens with one attached hydrogen (secondary N) is 2. The van der Waals surface area contributed by atoms with Crippen molar-refractivity contribution in [2.24, 2.45) is 0 Å². The first-order chi connectivity index (χ1) is 15.4. The molecule has 0 spiro atoms. The Morgan fingerprint density at radius 3 is 2.62 bits per heavy atom. The molecule has 1 aliphatic rings. The average Bonchev–Trinajstić information content (AvgIpc) is 3.27. The van der Waals surface area contributed by atoms with Gasteiger partial charge in [-0.1, -0.05) is 6.07 Å². The number of rotatable bonds is 8. The Hall–Kier alpha value is -2.49. The number of nitrogens with zero attached hydrogens (tertiary/aromatic N) is 2. The van der Waals surface area contributed by atoms with Crippen molar-refractivity contribution in [1.82, 2.24) is 10.3 Å². The average molecular weight is 475 g/mol. The van der Waals surface area contributed by atoms with E-state index in [1.54, 1.807) is 17.4 Å². The second-order valence-electron chi connectivity index (χ2n) is 8.11. The van der Waals surface area contributed by atoms with Crippen molar-refractivity contribution in [1.29, 1.82) is 0 Å². The van der Waals surface area contributed by atoms with Crippen molar-refractivity contribution in [2.45, 2.75) is 43.2 Å². The van der Waals surface area contributed by atoms with Crippen LogP contribution in [0.1, 0.15) is 24.6 Å². The summed E-state index contributed by atoms with van der Waals surface area (Å²) in [6.07, 6.45) is 4.97. The highest BCUT2D eigenvalue weighted by molar-refractivity contribution is 7.92. The molecular weight excluding hydrogens is 447 g/mol. The van der Waals surface area contributed by atoms with Crippen LogP contribution in [0.25, 0.3) is 0 Å². The summed E-state index contributed by atoms with van der Waals surface area (Å²) in [5, 5.41) is 3.73. The summed E-state index contributed by atoms with van der Waals surface area (Å²) in [6.45, 7) is 4.01. The summed E-state index contributed by atoms with van der Waals surface area (Å²) in [6, 6.07) is 13.1. The van der Waals surface area contributed by atoms with E-state index in [0.717, 1.165) is 50.2 Å². The number of hydrogen-bond acceptors (Lipinski definition) is 6. The van der Waals surface area contributed by atoms with Gasteiger partial charge in [0, 0.05) is 41.9 Å². The Balaban J connectivity index is 1.33. The van der Waals surface area contributed by atoms with Crippen molar-refractivity contribution in [3.8, 4) is 0 Å². The molecule has 6 nitrogen and oxygen atoms in total. The fourth-order valence-corrected chi connectivity index (χ4v) is 5.78. The van der Waals surface area contributed by atoms with Crippen LogP contribution in [0.4, 0.5) is 15.8 Å². The zero-order valence-corrected chi connectivity index (χ0v) is 19.5. The first-order valence-electron chi connectivity index (χ1n) is 10.7. The lowest BCUT2D eigenvalue weighted by Crippen LogP contribution is -2.46. The molecule has 1 aromatic heterocycles. The monoisotopic (exact) mass is 474 g/mol. The van der Waals surface area contributed by atoms with Gasteiger partial charge in [-0.05, 0) is 68.7 Å². The summed E-state index contributed by atoms with van der Waals surface area (Å²) in [4.78, 5) is 7.75. The predicted molar refractivity (Wildman–Crippen MR) is 127 cm³/mol. The van der Waals surface area contributed by atoms with Gasteiger partial charge in [-0.15, -0.1) is 11.3 Å². The lowest BCUT2D eigenvalue weighted by molar-refractivity contribution is 0.376. The minimum absolute atomic E-state index is 0.0311. The molecule has 0 aliphatic carbocycles. The van der Waals surface area contributed by atoms with Gasteiger partial charge < -0.3 is 10.2 Å². The molecular formula is C23H27FN4O2S2. The molecule has 4 rings (SSSR count). The fraction of sp³-hybridized carbons (Fsp3) is 0.348. The molecule has 1 atom stereocenters. The van der Waals surface area contributed by atoms with E-state index in [9.17, 15) is 12.8 Å². The van der Waals surface area contributed by atoms with Gasteiger partial charge in [0.25, 0.3) is 10.0 Å². The standard InChI is InChI=1S/C23H27FN4O2S2/c1-17(13-22-15-25-16-31-22)26-19-9-11-28(12-10-19)21-4-2-3-20(14-21)27-32(29,30)23-7-5-18(24)6-8-23/h2-8,14-17,19,26-27H,9-13H2,1H3. The third kappa shape index (κ3) is 5.85. The molecule has 9 heteroatoms. The van der Waals surface area contributed by atoms with Crippen LogP contribution in [0.2, 0.25) is 0 Å². The Bertz CT molecular complexity index is 1110. The van der Waals surface area contributed by atoms with Gasteiger partial charge >= 0.3 is 0 Å². The number of piperidine rings is 1. The molecule has 1 unspecified atom stereocenters. The molecule has 0 radical (unpaired) electrons. The number of sulfonamides is 1. The van der Waals surface area contributed by atoms with Crippen molar-refractivity contribution in [2.75, 3.05) is 22.7 Å². The van der Waals surface area contributed by atoms with Crippen molar-refractivity contribution < 1.29 is 12.8 Å². The zero-order chi connectivity index (χ0) is 22.6. The van der Waals surface area contributed by atoms with E-state index in [1.165, 1.54) is 17.0 Å². The molecule has 1 saturated heterocycles. The number of benzene rings is 2. The Morgan fingerprint density at radius 1 is 1.19 bits per heavy atom. The Morgan fingerprint density at radius 2 is 1.94 bits per heavy atom. The number of halogens is 1. The van der Waals surface area contributed by atoms with Gasteiger partial charge in [0.05, 0.1) is 16.1 Å². The van der Waals surface area contributed by atoms with E-state index in [-0.39, 0.29) is 4.90 Å². The van der Waals surface area contributed by atoms with Crippen molar-refractivity contribution >= 4 is 32.7 Å². The van der Waals surface area contributed by atoms with Crippen LogP contribution in [-0.2, 0) is 16.4 Å². The normalized spacial score (nSPS) is 16.1. The number of anilines is 2. The third-order valence-electron chi connectivity index (χ3n) is 5.59. The van der Waals surface area contributed by atoms with E-state index in [0.29, 0.717) is 17.8 Å². The van der Waals surface area contributed by atoms with Crippen molar-refractivity contribution in [3.05, 3.63) is 70.9 Å². The predicted octanol–water partition coefficient (Wildman–Crippen LogP) is 4.27. The molecule has 1 fully saturated rings. The summed E-state index contributed by atoms with van der Waals surface area (Å²) in [5.41, 5.74) is 3.35. The largest absolute Gasteiger partial charge is 0.371 e. The van der Waals surface area contributed by atoms with Gasteiger partial charge in [0.1, 0.15) is 5.82 Å². The van der Waals surface area contributed by atoms with Gasteiger partial charge in [-0.2, -0.15) is 0 Å². The van der Waals surface area contributed by atoms with E-state index in [1.807, 2.05) is 29.9 Å². The Kier molecular flexibility index (Phi) is 7.07. The lowest BCUT2D eigenvalue weighted by atomic mass is 10.0. The molecule has 2 heterocycles. The Labute approximate surface area is 192 Å². The highest BCUT2D eigenvalue weighted by Gasteiger charge is 2.22. The summed E-state index contributed by atoms with van der Waals surface area (Å²) in [7, 11) is -3.77. The van der Waals surface area contributed by atoms with Crippen LogP contribution >= 0.6 is 11.3 Å². The maximum absolute atomic E-state index is 13.1. The van der Waals surface area contributed by atoms with Gasteiger partial charge in [-0.25, -0.2) is 12.8 Å². The van der Waals surface area contributed by atoms with Crippen LogP contribution < -0.4 is 14.9 Å². The molecule has 1 aliphatic heterocycles. The van der Waals surface area contributed by atoms with Crippen molar-refractivity contribution in [3.63, 3.8) is 0 Å². The minimum Gasteiger partial charge on any atom is -0.371 e. The minimum atomic E-state index is -3.77. The molecule has 2 N–H and O–H groups in total. The second-order valence-corrected chi connectivity index (χ2v) is 10.8. The maximum atomic E-state index is 13.1. The third-order valence-corrected chi connectivity index (χ3v) is 7.79. The molecule has 0 bridgehead atoms. The van der Waals surface area contributed by atoms with Crippen LogP contribution in [0.3, 0.4) is 0 Å². The second kappa shape index (κ2) is 9.97. The molecule has 0 amide bonds. The van der Waals surface area contributed by atoms with Crippen LogP contribution in [0.5, 0.6) is 0 Å². The number of thiazole rings is 1. The highest BCUT2D eigenvalue weighted by Crippen LogP contribution is 2.25. The topological polar surface area (TPSA) is 74.3 Å². The van der Waals surface area contributed by atoms with E-state index < -0.39 is 15.8 Å². The summed E-state index contributed by atoms with van der Waals surface area (Å²) >= 11 is 1.69. The quantitative estimate of drug-likeness (QED) is 0.510. The van der Waals surface area contributed by atoms with Gasteiger partial charge in [-0.3, -0.25) is 9.71 Å². The molecule has 2 aromatic carbocycles. The van der Waals surface area contributed by atoms with Crippen LogP contribution in [0.15, 0.2) is 65.1 Å². The summed E-state index contributed by atoms with van der Waals surface area (Å²) in [5.74, 6) is -0.471. The highest BCUT2D eigenvalue weighted by atomic mass is 32.2. The molecule has 0 saturated carbocycles. The van der Waals surface area contributed by atoms with Gasteiger partial charge in [0.2, 0.25) is 0 Å². The van der Waals surface area contributed by atoms with Crippen LogP contribution in [-0.4, -0.2) is 38.6 Å². The first kappa shape index (κ1) is 22.7. The SMILES string of the molecule is CC(Cc1cncs1)NC1CCN(c2cccc(NS(=O)(=O)c3ccc(F)cc3)c2)CC1. The zero-order valence-electron chi connectivity index (χ0n) is 17.9. The van der Waals surface area contributed by atoms with Gasteiger partial charge in [0.15, 0.2) is 0 Å². The smallest absolute Gasteiger partial charge is 0.261 e. The van der Waals surface area contributed by atoms with E-state index in [4.69, 9.17) is 0 Å². The number of aromatic nitrogens is 1. The van der Waals surface area contributed by atoms with E-state index >= 15 is 0 Å². The first-order valence-corrected chi connectivity index (χ1v) is 13.0. The number of hydrogen-bond donors (Lipinski definition) is 2. The fourth-order valence-electron chi connectivity index (χ4n) is 4.00. The van der Waals surface area contributed by atoms with E-state index in [2.05, 4.69) is 26.8 Å². The summed E-state index contributed by atoms with van der Waals surface area (Å²) < 4.78 is 40.9. The maximum Gasteiger partial charge on any atom is 0.261 e.